The van der Waals surface area contributed by atoms with Crippen molar-refractivity contribution >= 4 is 5.69 Å². The fourth-order valence-corrected chi connectivity index (χ4v) is 3.08. The maximum Gasteiger partial charge on any atom is 0.369 e. The van der Waals surface area contributed by atoms with Gasteiger partial charge in [-0.15, -0.1) is 0 Å². The number of rotatable bonds is 4. The number of halogens is 1. The average Bonchev–Trinajstić information content (AvgIpc) is 3.04. The van der Waals surface area contributed by atoms with Crippen molar-refractivity contribution in [2.45, 2.75) is 6.67 Å². The van der Waals surface area contributed by atoms with Crippen LogP contribution in [-0.4, -0.2) is 50.9 Å². The number of para-hydroxylation sites is 1. The summed E-state index contributed by atoms with van der Waals surface area (Å²) >= 11 is 0. The Morgan fingerprint density at radius 2 is 1.54 bits per heavy atom. The summed E-state index contributed by atoms with van der Waals surface area (Å²) in [6.07, 6.45) is 0. The first-order valence-electron chi connectivity index (χ1n) is 8.52. The zero-order chi connectivity index (χ0) is 17.9. The molecule has 0 unspecified atom stereocenters. The highest BCUT2D eigenvalue weighted by atomic mass is 19.1. The minimum Gasteiger partial charge on any atom is -0.369 e. The molecule has 0 radical (unpaired) electrons. The van der Waals surface area contributed by atoms with E-state index < -0.39 is 0 Å². The molecule has 1 saturated heterocycles. The number of piperazine rings is 1. The van der Waals surface area contributed by atoms with Crippen molar-refractivity contribution in [1.82, 2.24) is 24.7 Å². The molecule has 1 fully saturated rings. The second-order valence-corrected chi connectivity index (χ2v) is 6.23. The fraction of sp³-hybridized carbons (Fsp3) is 0.278. The minimum absolute atomic E-state index is 0.228. The van der Waals surface area contributed by atoms with Crippen molar-refractivity contribution in [1.29, 1.82) is 0 Å². The number of benzene rings is 2. The van der Waals surface area contributed by atoms with Crippen LogP contribution in [-0.2, 0) is 6.67 Å². The summed E-state index contributed by atoms with van der Waals surface area (Å²) in [6.45, 7) is 3.62. The van der Waals surface area contributed by atoms with Crippen LogP contribution in [0.2, 0.25) is 0 Å². The molecule has 0 bridgehead atoms. The third-order valence-corrected chi connectivity index (χ3v) is 4.54. The molecule has 8 heteroatoms. The number of hydrogen-bond acceptors (Lipinski definition) is 5. The third kappa shape index (κ3) is 3.36. The lowest BCUT2D eigenvalue weighted by Gasteiger charge is -2.35. The lowest BCUT2D eigenvalue weighted by molar-refractivity contribution is 0.191. The van der Waals surface area contributed by atoms with E-state index >= 15 is 0 Å². The van der Waals surface area contributed by atoms with Gasteiger partial charge < -0.3 is 4.90 Å². The van der Waals surface area contributed by atoms with Gasteiger partial charge in [0, 0.05) is 31.9 Å². The van der Waals surface area contributed by atoms with Crippen molar-refractivity contribution < 1.29 is 4.39 Å². The molecule has 134 valence electrons. The van der Waals surface area contributed by atoms with Crippen molar-refractivity contribution in [3.8, 4) is 5.69 Å². The van der Waals surface area contributed by atoms with Crippen LogP contribution in [0.5, 0.6) is 0 Å². The van der Waals surface area contributed by atoms with E-state index in [1.807, 2.05) is 30.3 Å². The highest BCUT2D eigenvalue weighted by molar-refractivity contribution is 5.46. The summed E-state index contributed by atoms with van der Waals surface area (Å²) < 4.78 is 15.7. The summed E-state index contributed by atoms with van der Waals surface area (Å²) in [5, 5.41) is 7.96. The largest absolute Gasteiger partial charge is 0.369 e. The zero-order valence-corrected chi connectivity index (χ0v) is 14.2. The summed E-state index contributed by atoms with van der Waals surface area (Å²) in [4.78, 5) is 16.9. The van der Waals surface area contributed by atoms with E-state index in [1.54, 1.807) is 12.1 Å². The van der Waals surface area contributed by atoms with Crippen LogP contribution in [0, 0.1) is 5.82 Å². The van der Waals surface area contributed by atoms with Gasteiger partial charge in [-0.05, 0) is 46.8 Å². The predicted molar refractivity (Wildman–Crippen MR) is 95.8 cm³/mol. The van der Waals surface area contributed by atoms with E-state index in [-0.39, 0.29) is 11.5 Å². The van der Waals surface area contributed by atoms with E-state index in [2.05, 4.69) is 20.2 Å². The molecule has 0 amide bonds. The van der Waals surface area contributed by atoms with Crippen molar-refractivity contribution in [3.63, 3.8) is 0 Å². The van der Waals surface area contributed by atoms with Crippen molar-refractivity contribution in [2.75, 3.05) is 31.1 Å². The van der Waals surface area contributed by atoms with E-state index in [0.717, 1.165) is 31.9 Å². The second-order valence-electron chi connectivity index (χ2n) is 6.23. The normalized spacial score (nSPS) is 15.3. The van der Waals surface area contributed by atoms with E-state index in [1.165, 1.54) is 21.5 Å². The molecular formula is C18H19FN6O. The maximum absolute atomic E-state index is 13.0. The van der Waals surface area contributed by atoms with Gasteiger partial charge in [0.2, 0.25) is 0 Å². The molecule has 0 saturated carbocycles. The van der Waals surface area contributed by atoms with Gasteiger partial charge in [0.05, 0.1) is 5.69 Å². The number of nitrogens with zero attached hydrogens (tertiary/aromatic N) is 6. The molecule has 1 aliphatic rings. The lowest BCUT2D eigenvalue weighted by Crippen LogP contribution is -2.48. The molecular weight excluding hydrogens is 335 g/mol. The molecule has 4 rings (SSSR count). The Labute approximate surface area is 149 Å². The molecule has 1 aromatic heterocycles. The Balaban J connectivity index is 1.40. The zero-order valence-electron chi connectivity index (χ0n) is 14.2. The molecule has 3 aromatic rings. The van der Waals surface area contributed by atoms with Crippen LogP contribution in [0.25, 0.3) is 5.69 Å². The van der Waals surface area contributed by atoms with Gasteiger partial charge in [-0.1, -0.05) is 18.2 Å². The molecule has 2 heterocycles. The molecule has 2 aromatic carbocycles. The first-order chi connectivity index (χ1) is 12.7. The maximum atomic E-state index is 13.0. The van der Waals surface area contributed by atoms with Gasteiger partial charge in [0.15, 0.2) is 0 Å². The lowest BCUT2D eigenvalue weighted by atomic mass is 10.2. The summed E-state index contributed by atoms with van der Waals surface area (Å²) in [7, 11) is 0. The van der Waals surface area contributed by atoms with Crippen molar-refractivity contribution in [2.24, 2.45) is 0 Å². The van der Waals surface area contributed by atoms with Gasteiger partial charge in [0.25, 0.3) is 0 Å². The Bertz CT molecular complexity index is 913. The SMILES string of the molecule is O=c1n(CN2CCN(c3ccc(F)cc3)CC2)nnn1-c1ccccc1. The van der Waals surface area contributed by atoms with E-state index in [4.69, 9.17) is 0 Å². The number of aromatic nitrogens is 4. The Hall–Kier alpha value is -3.00. The molecule has 7 nitrogen and oxygen atoms in total. The average molecular weight is 354 g/mol. The molecule has 1 aliphatic heterocycles. The molecule has 0 aliphatic carbocycles. The summed E-state index contributed by atoms with van der Waals surface area (Å²) in [5.74, 6) is -0.228. The highest BCUT2D eigenvalue weighted by Gasteiger charge is 2.19. The first kappa shape index (κ1) is 16.5. The van der Waals surface area contributed by atoms with Gasteiger partial charge in [0.1, 0.15) is 12.5 Å². The van der Waals surface area contributed by atoms with E-state index in [0.29, 0.717) is 12.4 Å². The van der Waals surface area contributed by atoms with Gasteiger partial charge in [-0.2, -0.15) is 9.36 Å². The predicted octanol–water partition coefficient (Wildman–Crippen LogP) is 1.35. The standard InChI is InChI=1S/C18H19FN6O/c19-15-6-8-16(9-7-15)23-12-10-22(11-13-23)14-24-18(26)25(21-20-24)17-4-2-1-3-5-17/h1-9H,10-14H2. The molecule has 26 heavy (non-hydrogen) atoms. The van der Waals surface area contributed by atoms with Crippen LogP contribution in [0.15, 0.2) is 59.4 Å². The Morgan fingerprint density at radius 1 is 0.846 bits per heavy atom. The van der Waals surface area contributed by atoms with Gasteiger partial charge in [-0.3, -0.25) is 4.90 Å². The highest BCUT2D eigenvalue weighted by Crippen LogP contribution is 2.16. The first-order valence-corrected chi connectivity index (χ1v) is 8.52. The third-order valence-electron chi connectivity index (χ3n) is 4.54. The van der Waals surface area contributed by atoms with Crippen LogP contribution in [0.1, 0.15) is 0 Å². The van der Waals surface area contributed by atoms with Crippen LogP contribution in [0.4, 0.5) is 10.1 Å². The van der Waals surface area contributed by atoms with E-state index in [9.17, 15) is 9.18 Å². The van der Waals surface area contributed by atoms with Crippen LogP contribution >= 0.6 is 0 Å². The minimum atomic E-state index is -0.253. The van der Waals surface area contributed by atoms with Crippen molar-refractivity contribution in [3.05, 3.63) is 70.9 Å². The summed E-state index contributed by atoms with van der Waals surface area (Å²) in [6, 6.07) is 15.8. The Morgan fingerprint density at radius 3 is 2.23 bits per heavy atom. The number of hydrogen-bond donors (Lipinski definition) is 0. The topological polar surface area (TPSA) is 59.2 Å². The quantitative estimate of drug-likeness (QED) is 0.708. The second kappa shape index (κ2) is 7.09. The number of anilines is 1. The van der Waals surface area contributed by atoms with Gasteiger partial charge in [-0.25, -0.2) is 9.18 Å². The Kier molecular flexibility index (Phi) is 4.49. The number of tetrazole rings is 1. The fourth-order valence-electron chi connectivity index (χ4n) is 3.08. The van der Waals surface area contributed by atoms with Crippen LogP contribution in [0.3, 0.4) is 0 Å². The smallest absolute Gasteiger partial charge is 0.369 e. The van der Waals surface area contributed by atoms with Gasteiger partial charge >= 0.3 is 5.69 Å². The summed E-state index contributed by atoms with van der Waals surface area (Å²) in [5.41, 5.74) is 1.46. The van der Waals surface area contributed by atoms with Crippen LogP contribution < -0.4 is 10.6 Å². The molecule has 0 atom stereocenters. The monoisotopic (exact) mass is 354 g/mol. The molecule has 0 N–H and O–H groups in total. The molecule has 0 spiro atoms.